The molecule has 0 spiro atoms. The summed E-state index contributed by atoms with van der Waals surface area (Å²) in [5, 5.41) is 6.15. The zero-order valence-corrected chi connectivity index (χ0v) is 17.1. The first-order valence-electron chi connectivity index (χ1n) is 9.60. The number of hydrogen-bond donors (Lipinski definition) is 2. The van der Waals surface area contributed by atoms with Crippen molar-refractivity contribution in [3.63, 3.8) is 0 Å². The van der Waals surface area contributed by atoms with E-state index in [1.807, 2.05) is 0 Å². The van der Waals surface area contributed by atoms with Crippen LogP contribution in [0.25, 0.3) is 5.69 Å². The van der Waals surface area contributed by atoms with E-state index < -0.39 is 6.04 Å². The lowest BCUT2D eigenvalue weighted by molar-refractivity contribution is -0.118. The highest BCUT2D eigenvalue weighted by molar-refractivity contribution is 6.30. The van der Waals surface area contributed by atoms with Gasteiger partial charge in [0.1, 0.15) is 6.04 Å². The zero-order chi connectivity index (χ0) is 21.8. The Morgan fingerprint density at radius 2 is 1.58 bits per heavy atom. The molecule has 4 rings (SSSR count). The topological polar surface area (TPSA) is 83.4 Å². The predicted octanol–water partition coefficient (Wildman–Crippen LogP) is 3.90. The number of pyridine rings is 1. The largest absolute Gasteiger partial charge is 0.324 e. The van der Waals surface area contributed by atoms with Gasteiger partial charge >= 0.3 is 6.03 Å². The van der Waals surface area contributed by atoms with Crippen LogP contribution >= 0.6 is 11.6 Å². The molecule has 0 unspecified atom stereocenters. The number of carbonyl (C=O) groups is 2. The Bertz CT molecular complexity index is 1190. The summed E-state index contributed by atoms with van der Waals surface area (Å²) in [4.78, 5) is 38.8. The molecule has 31 heavy (non-hydrogen) atoms. The van der Waals surface area contributed by atoms with Crippen LogP contribution in [-0.4, -0.2) is 34.0 Å². The summed E-state index contributed by atoms with van der Waals surface area (Å²) in [5.41, 5.74) is 1.70. The quantitative estimate of drug-likeness (QED) is 0.611. The van der Waals surface area contributed by atoms with Gasteiger partial charge in [0.15, 0.2) is 0 Å². The van der Waals surface area contributed by atoms with Crippen molar-refractivity contribution < 1.29 is 9.59 Å². The van der Waals surface area contributed by atoms with Gasteiger partial charge < -0.3 is 15.5 Å². The Morgan fingerprint density at radius 3 is 2.29 bits per heavy atom. The molecule has 1 aliphatic heterocycles. The van der Waals surface area contributed by atoms with E-state index in [1.54, 1.807) is 79.0 Å². The molecule has 0 fully saturated rings. The lowest BCUT2D eigenvalue weighted by Crippen LogP contribution is -2.45. The van der Waals surface area contributed by atoms with Crippen LogP contribution in [0.1, 0.15) is 0 Å². The van der Waals surface area contributed by atoms with Crippen molar-refractivity contribution in [3.05, 3.63) is 100 Å². The lowest BCUT2D eigenvalue weighted by atomic mass is 10.2. The molecule has 0 saturated carbocycles. The lowest BCUT2D eigenvalue weighted by Gasteiger charge is -2.24. The molecule has 156 valence electrons. The average Bonchev–Trinajstić information content (AvgIpc) is 3.27. The van der Waals surface area contributed by atoms with Gasteiger partial charge in [-0.1, -0.05) is 29.8 Å². The molecule has 0 aliphatic carbocycles. The number of anilines is 2. The first kappa shape index (κ1) is 20.4. The summed E-state index contributed by atoms with van der Waals surface area (Å²) in [6.07, 6.45) is 5.14. The molecule has 2 heterocycles. The van der Waals surface area contributed by atoms with Crippen LogP contribution in [-0.2, 0) is 4.79 Å². The van der Waals surface area contributed by atoms with E-state index in [1.165, 1.54) is 15.5 Å². The molecule has 3 aromatic rings. The number of halogens is 1. The standard InChI is InChI=1S/C23H19ClN4O3/c24-16-6-8-18(9-7-16)26-23(31)28-15-3-4-20(28)22(30)25-17-10-12-19(13-11-17)27-14-2-1-5-21(27)29/h1-14,20H,15H2,(H,25,30)(H,26,31)/t20-/m1/s1. The Morgan fingerprint density at radius 1 is 0.903 bits per heavy atom. The van der Waals surface area contributed by atoms with Gasteiger partial charge in [0.2, 0.25) is 0 Å². The molecular weight excluding hydrogens is 416 g/mol. The SMILES string of the molecule is O=C(Nc1ccc(-n2ccccc2=O)cc1)[C@H]1C=CCN1C(=O)Nc1ccc(Cl)cc1. The van der Waals surface area contributed by atoms with Crippen LogP contribution in [0.3, 0.4) is 0 Å². The molecular formula is C23H19ClN4O3. The fourth-order valence-electron chi connectivity index (χ4n) is 3.25. The number of amides is 3. The van der Waals surface area contributed by atoms with Crippen molar-refractivity contribution in [2.75, 3.05) is 17.2 Å². The van der Waals surface area contributed by atoms with Gasteiger partial charge in [-0.3, -0.25) is 14.2 Å². The number of aromatic nitrogens is 1. The highest BCUT2D eigenvalue weighted by Gasteiger charge is 2.30. The smallest absolute Gasteiger partial charge is 0.323 e. The summed E-state index contributed by atoms with van der Waals surface area (Å²) in [5.74, 6) is -0.329. The second kappa shape index (κ2) is 8.89. The van der Waals surface area contributed by atoms with Gasteiger partial charge in [-0.15, -0.1) is 0 Å². The monoisotopic (exact) mass is 434 g/mol. The summed E-state index contributed by atoms with van der Waals surface area (Å²) >= 11 is 5.87. The average molecular weight is 435 g/mol. The minimum absolute atomic E-state index is 0.141. The van der Waals surface area contributed by atoms with Gasteiger partial charge in [0.05, 0.1) is 0 Å². The number of benzene rings is 2. The molecule has 8 heteroatoms. The number of urea groups is 1. The molecule has 2 aromatic carbocycles. The molecule has 0 bridgehead atoms. The third kappa shape index (κ3) is 4.67. The zero-order valence-electron chi connectivity index (χ0n) is 16.4. The molecule has 3 amide bonds. The normalized spacial score (nSPS) is 15.0. The molecule has 0 radical (unpaired) electrons. The Labute approximate surface area is 183 Å². The minimum Gasteiger partial charge on any atom is -0.324 e. The van der Waals surface area contributed by atoms with Crippen LogP contribution in [0.5, 0.6) is 0 Å². The van der Waals surface area contributed by atoms with Crippen LogP contribution in [0.15, 0.2) is 89.9 Å². The molecule has 1 aliphatic rings. The van der Waals surface area contributed by atoms with Crippen molar-refractivity contribution in [3.8, 4) is 5.69 Å². The maximum absolute atomic E-state index is 12.8. The third-order valence-corrected chi connectivity index (χ3v) is 5.07. The fraction of sp³-hybridized carbons (Fsp3) is 0.0870. The van der Waals surface area contributed by atoms with Gasteiger partial charge in [-0.25, -0.2) is 4.79 Å². The van der Waals surface area contributed by atoms with Crippen molar-refractivity contribution >= 4 is 34.9 Å². The number of hydrogen-bond acceptors (Lipinski definition) is 3. The summed E-state index contributed by atoms with van der Waals surface area (Å²) in [6.45, 7) is 0.327. The van der Waals surface area contributed by atoms with E-state index in [4.69, 9.17) is 11.6 Å². The van der Waals surface area contributed by atoms with Gasteiger partial charge in [0.25, 0.3) is 11.5 Å². The Hall–Kier alpha value is -3.84. The van der Waals surface area contributed by atoms with E-state index in [9.17, 15) is 14.4 Å². The minimum atomic E-state index is -0.733. The van der Waals surface area contributed by atoms with Crippen molar-refractivity contribution in [2.24, 2.45) is 0 Å². The maximum Gasteiger partial charge on any atom is 0.323 e. The third-order valence-electron chi connectivity index (χ3n) is 4.82. The van der Waals surface area contributed by atoms with E-state index in [2.05, 4.69) is 10.6 Å². The van der Waals surface area contributed by atoms with E-state index >= 15 is 0 Å². The van der Waals surface area contributed by atoms with E-state index in [-0.39, 0.29) is 17.5 Å². The van der Waals surface area contributed by atoms with Crippen LogP contribution in [0, 0.1) is 0 Å². The number of nitrogens with one attached hydrogen (secondary N) is 2. The van der Waals surface area contributed by atoms with Crippen LogP contribution in [0.2, 0.25) is 5.02 Å². The number of rotatable bonds is 4. The molecule has 1 aromatic heterocycles. The maximum atomic E-state index is 12.8. The number of nitrogens with zero attached hydrogens (tertiary/aromatic N) is 2. The van der Waals surface area contributed by atoms with Crippen molar-refractivity contribution in [1.82, 2.24) is 9.47 Å². The van der Waals surface area contributed by atoms with Crippen molar-refractivity contribution in [2.45, 2.75) is 6.04 Å². The van der Waals surface area contributed by atoms with Gasteiger partial charge in [-0.2, -0.15) is 0 Å². The summed E-state index contributed by atoms with van der Waals surface area (Å²) < 4.78 is 1.51. The highest BCUT2D eigenvalue weighted by Crippen LogP contribution is 2.18. The first-order valence-corrected chi connectivity index (χ1v) is 9.98. The highest BCUT2D eigenvalue weighted by atomic mass is 35.5. The molecule has 0 saturated heterocycles. The second-order valence-electron chi connectivity index (χ2n) is 6.91. The Balaban J connectivity index is 1.42. The van der Waals surface area contributed by atoms with Crippen molar-refractivity contribution in [1.29, 1.82) is 0 Å². The summed E-state index contributed by atoms with van der Waals surface area (Å²) in [6, 6.07) is 17.5. The van der Waals surface area contributed by atoms with E-state index in [0.29, 0.717) is 28.6 Å². The first-order chi connectivity index (χ1) is 15.0. The molecule has 7 nitrogen and oxygen atoms in total. The predicted molar refractivity (Wildman–Crippen MR) is 121 cm³/mol. The van der Waals surface area contributed by atoms with Gasteiger partial charge in [0, 0.05) is 40.9 Å². The molecule has 2 N–H and O–H groups in total. The second-order valence-corrected chi connectivity index (χ2v) is 7.34. The van der Waals surface area contributed by atoms with E-state index in [0.717, 1.165) is 0 Å². The van der Waals surface area contributed by atoms with Crippen LogP contribution in [0.4, 0.5) is 16.2 Å². The van der Waals surface area contributed by atoms with Gasteiger partial charge in [-0.05, 0) is 54.6 Å². The van der Waals surface area contributed by atoms with Crippen LogP contribution < -0.4 is 16.2 Å². The Kier molecular flexibility index (Phi) is 5.86. The number of carbonyl (C=O) groups excluding carboxylic acids is 2. The fourth-order valence-corrected chi connectivity index (χ4v) is 3.38. The summed E-state index contributed by atoms with van der Waals surface area (Å²) in [7, 11) is 0. The molecule has 1 atom stereocenters.